The first kappa shape index (κ1) is 27.5. The molecule has 0 aromatic rings. The Morgan fingerprint density at radius 3 is 2.03 bits per heavy atom. The molecule has 9 heteroatoms. The summed E-state index contributed by atoms with van der Waals surface area (Å²) in [4.78, 5) is 46.4. The van der Waals surface area contributed by atoms with E-state index in [0.717, 1.165) is 63.5 Å². The number of carbonyl (C=O) groups is 4. The fraction of sp³-hybridized carbons (Fsp3) is 0.833. The van der Waals surface area contributed by atoms with Crippen LogP contribution in [0, 0.1) is 5.92 Å². The van der Waals surface area contributed by atoms with Gasteiger partial charge in [-0.2, -0.15) is 11.8 Å². The predicted octanol–water partition coefficient (Wildman–Crippen LogP) is 2.27. The first-order chi connectivity index (χ1) is 16.0. The van der Waals surface area contributed by atoms with Gasteiger partial charge in [0.15, 0.2) is 0 Å². The van der Waals surface area contributed by atoms with Gasteiger partial charge in [-0.15, -0.1) is 0 Å². The van der Waals surface area contributed by atoms with Crippen LogP contribution in [0.25, 0.3) is 0 Å². The molecule has 2 saturated heterocycles. The van der Waals surface area contributed by atoms with Crippen molar-refractivity contribution in [3.63, 3.8) is 0 Å². The van der Waals surface area contributed by atoms with Gasteiger partial charge < -0.3 is 21.3 Å². The number of carbonyl (C=O) groups excluding carboxylic acids is 4. The van der Waals surface area contributed by atoms with Gasteiger partial charge in [-0.3, -0.25) is 19.2 Å². The predicted molar refractivity (Wildman–Crippen MR) is 132 cm³/mol. The number of nitrogens with one attached hydrogen (secondary N) is 4. The summed E-state index contributed by atoms with van der Waals surface area (Å²) in [5.74, 6) is 2.03. The number of thioether (sulfide) groups is 1. The van der Waals surface area contributed by atoms with E-state index in [4.69, 9.17) is 0 Å². The Morgan fingerprint density at radius 1 is 0.848 bits per heavy atom. The van der Waals surface area contributed by atoms with E-state index in [1.54, 1.807) is 7.05 Å². The Bertz CT molecular complexity index is 646. The molecule has 0 aromatic carbocycles. The highest BCUT2D eigenvalue weighted by Crippen LogP contribution is 2.39. The largest absolute Gasteiger partial charge is 0.359 e. The molecule has 4 N–H and O–H groups in total. The SMILES string of the molecule is CNC(=O)CCCCCNC(=O)CCCCCNC(=O)CCCCC1SCC2CC(=O)NC21. The molecule has 0 radical (unpaired) electrons. The van der Waals surface area contributed by atoms with Crippen molar-refractivity contribution in [2.24, 2.45) is 5.92 Å². The van der Waals surface area contributed by atoms with Gasteiger partial charge in [0.2, 0.25) is 23.6 Å². The molecule has 2 fully saturated rings. The zero-order valence-corrected chi connectivity index (χ0v) is 20.9. The molecule has 0 saturated carbocycles. The van der Waals surface area contributed by atoms with E-state index < -0.39 is 0 Å². The molecule has 3 unspecified atom stereocenters. The van der Waals surface area contributed by atoms with Crippen LogP contribution in [0.2, 0.25) is 0 Å². The highest BCUT2D eigenvalue weighted by atomic mass is 32.2. The maximum atomic E-state index is 12.0. The summed E-state index contributed by atoms with van der Waals surface area (Å²) < 4.78 is 0. The fourth-order valence-corrected chi connectivity index (χ4v) is 6.11. The van der Waals surface area contributed by atoms with E-state index in [1.165, 1.54) is 0 Å². The third-order valence-corrected chi connectivity index (χ3v) is 8.01. The lowest BCUT2D eigenvalue weighted by atomic mass is 9.97. The second-order valence-electron chi connectivity index (χ2n) is 9.17. The van der Waals surface area contributed by atoms with Gasteiger partial charge >= 0.3 is 0 Å². The van der Waals surface area contributed by atoms with Gasteiger partial charge in [0.25, 0.3) is 0 Å². The summed E-state index contributed by atoms with van der Waals surface area (Å²) in [6, 6.07) is 0.346. The van der Waals surface area contributed by atoms with E-state index in [0.29, 0.717) is 56.0 Å². The molecule has 8 nitrogen and oxygen atoms in total. The van der Waals surface area contributed by atoms with Crippen LogP contribution in [0.4, 0.5) is 0 Å². The summed E-state index contributed by atoms with van der Waals surface area (Å²) in [7, 11) is 1.64. The van der Waals surface area contributed by atoms with Crippen molar-refractivity contribution in [3.05, 3.63) is 0 Å². The van der Waals surface area contributed by atoms with Crippen LogP contribution in [-0.2, 0) is 19.2 Å². The lowest BCUT2D eigenvalue weighted by molar-refractivity contribution is -0.122. The fourth-order valence-electron chi connectivity index (χ4n) is 4.46. The second-order valence-corrected chi connectivity index (χ2v) is 10.4. The van der Waals surface area contributed by atoms with E-state index in [2.05, 4.69) is 21.3 Å². The highest BCUT2D eigenvalue weighted by Gasteiger charge is 2.42. The first-order valence-corrected chi connectivity index (χ1v) is 13.7. The molecule has 0 aliphatic carbocycles. The Hall–Kier alpha value is -1.77. The van der Waals surface area contributed by atoms with Crippen molar-refractivity contribution >= 4 is 35.4 Å². The van der Waals surface area contributed by atoms with Gasteiger partial charge in [0.1, 0.15) is 0 Å². The second kappa shape index (κ2) is 16.0. The maximum Gasteiger partial charge on any atom is 0.220 e. The maximum absolute atomic E-state index is 12.0. The van der Waals surface area contributed by atoms with Crippen molar-refractivity contribution in [2.75, 3.05) is 25.9 Å². The van der Waals surface area contributed by atoms with Crippen LogP contribution in [-0.4, -0.2) is 60.8 Å². The van der Waals surface area contributed by atoms with Gasteiger partial charge in [0, 0.05) is 57.1 Å². The van der Waals surface area contributed by atoms with Crippen molar-refractivity contribution < 1.29 is 19.2 Å². The first-order valence-electron chi connectivity index (χ1n) is 12.6. The highest BCUT2D eigenvalue weighted by molar-refractivity contribution is 8.00. The molecule has 0 spiro atoms. The van der Waals surface area contributed by atoms with Gasteiger partial charge in [-0.1, -0.05) is 19.3 Å². The summed E-state index contributed by atoms with van der Waals surface area (Å²) >= 11 is 1.97. The third-order valence-electron chi connectivity index (χ3n) is 6.43. The molecule has 0 bridgehead atoms. The van der Waals surface area contributed by atoms with E-state index in [-0.39, 0.29) is 23.6 Å². The van der Waals surface area contributed by atoms with Crippen LogP contribution in [0.1, 0.15) is 83.5 Å². The molecular weight excluding hydrogens is 440 g/mol. The van der Waals surface area contributed by atoms with Crippen LogP contribution in [0.5, 0.6) is 0 Å². The summed E-state index contributed by atoms with van der Waals surface area (Å²) in [6.45, 7) is 1.33. The minimum absolute atomic E-state index is 0.0630. The van der Waals surface area contributed by atoms with Crippen molar-refractivity contribution in [3.8, 4) is 0 Å². The normalized spacial score (nSPS) is 21.4. The standard InChI is InChI=1S/C24H42N4O4S/c1-25-20(29)11-4-2-8-14-26-21(30)12-5-3-9-15-27-22(31)13-7-6-10-19-24-18(17-33-19)16-23(32)28-24/h18-19,24H,2-17H2,1H3,(H,25,29)(H,26,30)(H,27,31)(H,28,32). The van der Waals surface area contributed by atoms with E-state index in [9.17, 15) is 19.2 Å². The molecule has 3 atom stereocenters. The molecule has 2 aliphatic rings. The molecule has 2 rings (SSSR count). The number of unbranched alkanes of at least 4 members (excludes halogenated alkanes) is 5. The number of fused-ring (bicyclic) bond motifs is 1. The van der Waals surface area contributed by atoms with Gasteiger partial charge in [0.05, 0.1) is 0 Å². The summed E-state index contributed by atoms with van der Waals surface area (Å²) in [6.07, 6.45) is 10.6. The number of hydrogen-bond donors (Lipinski definition) is 4. The molecule has 2 heterocycles. The average Bonchev–Trinajstić information content (AvgIpc) is 3.35. The number of rotatable bonds is 17. The van der Waals surface area contributed by atoms with Gasteiger partial charge in [-0.25, -0.2) is 0 Å². The van der Waals surface area contributed by atoms with Crippen molar-refractivity contribution in [2.45, 2.75) is 94.8 Å². The molecule has 2 aliphatic heterocycles. The Morgan fingerprint density at radius 2 is 1.42 bits per heavy atom. The Balaban J connectivity index is 1.34. The van der Waals surface area contributed by atoms with Crippen LogP contribution >= 0.6 is 11.8 Å². The van der Waals surface area contributed by atoms with Gasteiger partial charge in [-0.05, 0) is 50.2 Å². The van der Waals surface area contributed by atoms with Crippen molar-refractivity contribution in [1.29, 1.82) is 0 Å². The quantitative estimate of drug-likeness (QED) is 0.237. The molecular formula is C24H42N4O4S. The zero-order chi connectivity index (χ0) is 23.9. The minimum atomic E-state index is 0.0630. The molecule has 33 heavy (non-hydrogen) atoms. The molecule has 188 valence electrons. The molecule has 4 amide bonds. The Kier molecular flexibility index (Phi) is 13.3. The topological polar surface area (TPSA) is 116 Å². The monoisotopic (exact) mass is 482 g/mol. The Labute approximate surface area is 202 Å². The number of amides is 4. The molecule has 0 aromatic heterocycles. The van der Waals surface area contributed by atoms with Crippen LogP contribution in [0.15, 0.2) is 0 Å². The number of hydrogen-bond acceptors (Lipinski definition) is 5. The third kappa shape index (κ3) is 11.3. The lowest BCUT2D eigenvalue weighted by Gasteiger charge is -2.17. The van der Waals surface area contributed by atoms with E-state index >= 15 is 0 Å². The zero-order valence-electron chi connectivity index (χ0n) is 20.1. The minimum Gasteiger partial charge on any atom is -0.359 e. The van der Waals surface area contributed by atoms with Crippen molar-refractivity contribution in [1.82, 2.24) is 21.3 Å². The summed E-state index contributed by atoms with van der Waals surface area (Å²) in [5.41, 5.74) is 0. The summed E-state index contributed by atoms with van der Waals surface area (Å²) in [5, 5.41) is 12.1. The average molecular weight is 483 g/mol. The van der Waals surface area contributed by atoms with E-state index in [1.807, 2.05) is 11.8 Å². The van der Waals surface area contributed by atoms with Crippen LogP contribution in [0.3, 0.4) is 0 Å². The lowest BCUT2D eigenvalue weighted by Crippen LogP contribution is -2.34. The smallest absolute Gasteiger partial charge is 0.220 e. The van der Waals surface area contributed by atoms with Crippen LogP contribution < -0.4 is 21.3 Å².